The monoisotopic (exact) mass is 465 g/mol. The molecule has 1 heterocycles. The van der Waals surface area contributed by atoms with Gasteiger partial charge in [0.25, 0.3) is 0 Å². The predicted molar refractivity (Wildman–Crippen MR) is 114 cm³/mol. The summed E-state index contributed by atoms with van der Waals surface area (Å²) in [6.07, 6.45) is 0.479. The van der Waals surface area contributed by atoms with Crippen LogP contribution in [0.15, 0.2) is 59.5 Å². The Morgan fingerprint density at radius 2 is 1.71 bits per heavy atom. The molecule has 0 aromatic heterocycles. The van der Waals surface area contributed by atoms with Gasteiger partial charge in [0.2, 0.25) is 0 Å². The van der Waals surface area contributed by atoms with E-state index in [4.69, 9.17) is 0 Å². The third kappa shape index (κ3) is 4.86. The molecular formula is C22H27NO3SSe. The number of aryl methyl sites for hydroxylation is 1. The number of amides is 1. The molecule has 1 aliphatic rings. The Bertz CT molecular complexity index is 924. The van der Waals surface area contributed by atoms with Gasteiger partial charge >= 0.3 is 175 Å². The van der Waals surface area contributed by atoms with Crippen molar-refractivity contribution >= 4 is 35.2 Å². The molecule has 2 aromatic carbocycles. The Labute approximate surface area is 174 Å². The van der Waals surface area contributed by atoms with Crippen molar-refractivity contribution in [1.29, 1.82) is 0 Å². The first kappa shape index (κ1) is 21.1. The average Bonchev–Trinajstić information content (AvgIpc) is 2.87. The second-order valence-electron chi connectivity index (χ2n) is 8.02. The van der Waals surface area contributed by atoms with E-state index >= 15 is 0 Å². The van der Waals surface area contributed by atoms with Gasteiger partial charge in [-0.05, 0) is 0 Å². The number of hydrogen-bond acceptors (Lipinski definition) is 3. The first-order valence-electron chi connectivity index (χ1n) is 9.46. The van der Waals surface area contributed by atoms with Crippen molar-refractivity contribution in [2.24, 2.45) is 5.41 Å². The zero-order valence-corrected chi connectivity index (χ0v) is 19.1. The van der Waals surface area contributed by atoms with Gasteiger partial charge < -0.3 is 0 Å². The number of hydrogen-bond donors (Lipinski definition) is 0. The topological polar surface area (TPSA) is 54.5 Å². The van der Waals surface area contributed by atoms with E-state index in [0.717, 1.165) is 10.9 Å². The Kier molecular flexibility index (Phi) is 6.33. The summed E-state index contributed by atoms with van der Waals surface area (Å²) in [5.41, 5.74) is 0.889. The fourth-order valence-electron chi connectivity index (χ4n) is 3.57. The predicted octanol–water partition coefficient (Wildman–Crippen LogP) is 2.84. The van der Waals surface area contributed by atoms with Crippen LogP contribution in [0.4, 0.5) is 0 Å². The van der Waals surface area contributed by atoms with Crippen LogP contribution in [0.1, 0.15) is 25.8 Å². The second-order valence-corrected chi connectivity index (χ2v) is 12.4. The van der Waals surface area contributed by atoms with Crippen LogP contribution in [-0.4, -0.2) is 52.5 Å². The van der Waals surface area contributed by atoms with Gasteiger partial charge in [-0.3, -0.25) is 0 Å². The van der Waals surface area contributed by atoms with Crippen molar-refractivity contribution in [2.45, 2.75) is 43.4 Å². The zero-order valence-electron chi connectivity index (χ0n) is 16.6. The van der Waals surface area contributed by atoms with Crippen LogP contribution < -0.4 is 4.46 Å². The van der Waals surface area contributed by atoms with E-state index in [0.29, 0.717) is 11.3 Å². The number of carbonyl (C=O) groups excluding carboxylic acids is 1. The maximum atomic E-state index is 12.7. The van der Waals surface area contributed by atoms with Crippen LogP contribution in [0.3, 0.4) is 0 Å². The number of benzene rings is 2. The van der Waals surface area contributed by atoms with Crippen molar-refractivity contribution in [3.63, 3.8) is 0 Å². The van der Waals surface area contributed by atoms with E-state index in [9.17, 15) is 13.2 Å². The Balaban J connectivity index is 1.71. The van der Waals surface area contributed by atoms with Crippen molar-refractivity contribution in [3.8, 4) is 0 Å². The van der Waals surface area contributed by atoms with Crippen LogP contribution in [0, 0.1) is 12.3 Å². The molecule has 0 bridgehead atoms. The quantitative estimate of drug-likeness (QED) is 0.593. The van der Waals surface area contributed by atoms with E-state index < -0.39 is 9.84 Å². The Morgan fingerprint density at radius 1 is 1.07 bits per heavy atom. The third-order valence-electron chi connectivity index (χ3n) is 5.34. The van der Waals surface area contributed by atoms with Crippen molar-refractivity contribution in [3.05, 3.63) is 60.2 Å². The van der Waals surface area contributed by atoms with Crippen molar-refractivity contribution in [2.75, 3.05) is 12.3 Å². The summed E-state index contributed by atoms with van der Waals surface area (Å²) in [6, 6.07) is 17.3. The molecule has 0 saturated carbocycles. The molecule has 1 amide bonds. The molecule has 6 heteroatoms. The van der Waals surface area contributed by atoms with E-state index in [1.807, 2.05) is 42.2 Å². The molecule has 1 saturated heterocycles. The van der Waals surface area contributed by atoms with Crippen molar-refractivity contribution in [1.82, 2.24) is 4.90 Å². The number of likely N-dealkylation sites (tertiary alicyclic amines) is 1. The molecule has 2 aromatic rings. The van der Waals surface area contributed by atoms with Gasteiger partial charge in [0, 0.05) is 0 Å². The molecule has 28 heavy (non-hydrogen) atoms. The van der Waals surface area contributed by atoms with Gasteiger partial charge in [0.15, 0.2) is 0 Å². The van der Waals surface area contributed by atoms with Gasteiger partial charge in [-0.25, -0.2) is 0 Å². The number of sulfone groups is 1. The SMILES string of the molecule is Cc1ccc(S(=O)(=O)CCN2C(=O)CC(C)(C)C2C[Se]c2ccccc2)cc1. The molecule has 150 valence electrons. The maximum absolute atomic E-state index is 12.7. The fourth-order valence-corrected chi connectivity index (χ4v) is 7.59. The van der Waals surface area contributed by atoms with Crippen molar-refractivity contribution < 1.29 is 13.2 Å². The van der Waals surface area contributed by atoms with E-state index in [2.05, 4.69) is 26.0 Å². The summed E-state index contributed by atoms with van der Waals surface area (Å²) in [5.74, 6) is 0.0326. The van der Waals surface area contributed by atoms with Gasteiger partial charge in [-0.1, -0.05) is 0 Å². The van der Waals surface area contributed by atoms with E-state index in [1.165, 1.54) is 4.46 Å². The summed E-state index contributed by atoms with van der Waals surface area (Å²) in [7, 11) is -3.40. The normalized spacial score (nSPS) is 19.2. The minimum atomic E-state index is -3.40. The van der Waals surface area contributed by atoms with Crippen LogP contribution >= 0.6 is 0 Å². The second kappa shape index (κ2) is 8.40. The number of nitrogens with zero attached hydrogens (tertiary/aromatic N) is 1. The molecule has 1 atom stereocenters. The molecule has 0 N–H and O–H groups in total. The minimum absolute atomic E-state index is 0.0350. The Hall–Kier alpha value is -1.62. The molecule has 0 radical (unpaired) electrons. The third-order valence-corrected chi connectivity index (χ3v) is 9.33. The van der Waals surface area contributed by atoms with Crippen LogP contribution in [0.25, 0.3) is 0 Å². The molecule has 0 aliphatic carbocycles. The van der Waals surface area contributed by atoms with Gasteiger partial charge in [0.1, 0.15) is 0 Å². The standard InChI is InChI=1S/C22H27NO3SSe/c1-17-9-11-18(12-10-17)27(25,26)14-13-23-20(22(2,3)15-21(23)24)16-28-19-7-5-4-6-8-19/h4-12,20H,13-16H2,1-3H3. The fraction of sp³-hybridized carbons (Fsp3) is 0.409. The first-order chi connectivity index (χ1) is 13.2. The molecule has 1 aliphatic heterocycles. The first-order valence-corrected chi connectivity index (χ1v) is 13.2. The number of carbonyl (C=O) groups is 1. The van der Waals surface area contributed by atoms with Gasteiger partial charge in [0.05, 0.1) is 0 Å². The van der Waals surface area contributed by atoms with E-state index in [1.54, 1.807) is 12.1 Å². The molecular weight excluding hydrogens is 437 g/mol. The van der Waals surface area contributed by atoms with Crippen LogP contribution in [0.5, 0.6) is 0 Å². The average molecular weight is 464 g/mol. The molecule has 3 rings (SSSR count). The summed E-state index contributed by atoms with van der Waals surface area (Å²) in [6.45, 7) is 6.42. The van der Waals surface area contributed by atoms with Crippen LogP contribution in [-0.2, 0) is 14.6 Å². The summed E-state index contributed by atoms with van der Waals surface area (Å²) < 4.78 is 26.7. The zero-order chi connectivity index (χ0) is 20.4. The van der Waals surface area contributed by atoms with Crippen LogP contribution in [0.2, 0.25) is 5.32 Å². The summed E-state index contributed by atoms with van der Waals surface area (Å²) in [4.78, 5) is 14.8. The summed E-state index contributed by atoms with van der Waals surface area (Å²) in [5, 5.41) is 0.903. The molecule has 0 spiro atoms. The Morgan fingerprint density at radius 3 is 2.36 bits per heavy atom. The summed E-state index contributed by atoms with van der Waals surface area (Å²) >= 11 is 0.252. The molecule has 4 nitrogen and oxygen atoms in total. The molecule has 1 fully saturated rings. The number of rotatable bonds is 7. The molecule has 1 unspecified atom stereocenters. The van der Waals surface area contributed by atoms with E-state index in [-0.39, 0.29) is 44.6 Å². The van der Waals surface area contributed by atoms with Gasteiger partial charge in [-0.15, -0.1) is 0 Å². The van der Waals surface area contributed by atoms with Gasteiger partial charge in [-0.2, -0.15) is 0 Å².